The highest BCUT2D eigenvalue weighted by molar-refractivity contribution is 8.01. The van der Waals surface area contributed by atoms with E-state index in [2.05, 4.69) is 0 Å². The van der Waals surface area contributed by atoms with Crippen LogP contribution in [0.3, 0.4) is 0 Å². The molecule has 1 amide bonds. The maximum Gasteiger partial charge on any atom is 0.410 e. The molecular weight excluding hydrogens is 266 g/mol. The summed E-state index contributed by atoms with van der Waals surface area (Å²) in [5, 5.41) is 0. The van der Waals surface area contributed by atoms with Gasteiger partial charge in [-0.2, -0.15) is 11.8 Å². The number of hydrogen-bond donors (Lipinski definition) is 0. The van der Waals surface area contributed by atoms with Crippen LogP contribution in [0.25, 0.3) is 0 Å². The maximum absolute atomic E-state index is 11.9. The molecule has 0 bridgehead atoms. The SMILES string of the molecule is COC(=O)C1CCSC12CN(C(=O)OC(C)(C)C)C2. The highest BCUT2D eigenvalue weighted by atomic mass is 32.2. The quantitative estimate of drug-likeness (QED) is 0.689. The summed E-state index contributed by atoms with van der Waals surface area (Å²) in [7, 11) is 1.42. The molecule has 1 spiro atoms. The first kappa shape index (κ1) is 14.5. The predicted octanol–water partition coefficient (Wildman–Crippen LogP) is 1.90. The second kappa shape index (κ2) is 4.89. The summed E-state index contributed by atoms with van der Waals surface area (Å²) in [5.41, 5.74) is -0.482. The van der Waals surface area contributed by atoms with E-state index >= 15 is 0 Å². The van der Waals surface area contributed by atoms with Crippen molar-refractivity contribution in [1.29, 1.82) is 0 Å². The third-order valence-electron chi connectivity index (χ3n) is 3.49. The number of ether oxygens (including phenoxy) is 2. The van der Waals surface area contributed by atoms with Crippen LogP contribution in [-0.2, 0) is 14.3 Å². The minimum Gasteiger partial charge on any atom is -0.469 e. The fourth-order valence-corrected chi connectivity index (χ4v) is 4.26. The Bertz CT molecular complexity index is 385. The lowest BCUT2D eigenvalue weighted by Gasteiger charge is -2.49. The number of nitrogens with zero attached hydrogens (tertiary/aromatic N) is 1. The summed E-state index contributed by atoms with van der Waals surface area (Å²) >= 11 is 1.77. The van der Waals surface area contributed by atoms with Crippen LogP contribution in [-0.4, -0.2) is 53.3 Å². The summed E-state index contributed by atoms with van der Waals surface area (Å²) < 4.78 is 10.0. The van der Waals surface area contributed by atoms with Crippen molar-refractivity contribution in [3.05, 3.63) is 0 Å². The van der Waals surface area contributed by atoms with E-state index in [9.17, 15) is 9.59 Å². The number of carbonyl (C=O) groups is 2. The molecule has 1 unspecified atom stereocenters. The maximum atomic E-state index is 11.9. The molecule has 0 N–H and O–H groups in total. The number of likely N-dealkylation sites (tertiary alicyclic amines) is 1. The zero-order chi connectivity index (χ0) is 14.3. The summed E-state index contributed by atoms with van der Waals surface area (Å²) in [6.07, 6.45) is 0.536. The second-order valence-corrected chi connectivity index (χ2v) is 7.62. The van der Waals surface area contributed by atoms with Gasteiger partial charge in [-0.1, -0.05) is 0 Å². The summed E-state index contributed by atoms with van der Waals surface area (Å²) in [4.78, 5) is 25.3. The minimum absolute atomic E-state index is 0.0961. The topological polar surface area (TPSA) is 55.8 Å². The smallest absolute Gasteiger partial charge is 0.410 e. The number of esters is 1. The Morgan fingerprint density at radius 2 is 1.95 bits per heavy atom. The van der Waals surface area contributed by atoms with E-state index in [-0.39, 0.29) is 22.7 Å². The molecule has 6 heteroatoms. The van der Waals surface area contributed by atoms with Gasteiger partial charge in [0.2, 0.25) is 0 Å². The summed E-state index contributed by atoms with van der Waals surface area (Å²) in [6, 6.07) is 0. The lowest BCUT2D eigenvalue weighted by molar-refractivity contribution is -0.148. The Morgan fingerprint density at radius 1 is 1.32 bits per heavy atom. The van der Waals surface area contributed by atoms with Crippen LogP contribution in [0.4, 0.5) is 4.79 Å². The van der Waals surface area contributed by atoms with Crippen molar-refractivity contribution in [1.82, 2.24) is 4.90 Å². The largest absolute Gasteiger partial charge is 0.469 e. The lowest BCUT2D eigenvalue weighted by Crippen LogP contribution is -2.65. The molecule has 2 aliphatic heterocycles. The van der Waals surface area contributed by atoms with Crippen LogP contribution < -0.4 is 0 Å². The predicted molar refractivity (Wildman–Crippen MR) is 73.1 cm³/mol. The van der Waals surface area contributed by atoms with Crippen molar-refractivity contribution in [3.8, 4) is 0 Å². The van der Waals surface area contributed by atoms with Gasteiger partial charge in [0.1, 0.15) is 5.60 Å². The molecular formula is C13H21NO4S. The molecule has 0 aromatic carbocycles. The molecule has 0 aromatic rings. The van der Waals surface area contributed by atoms with Gasteiger partial charge in [-0.15, -0.1) is 0 Å². The molecule has 2 fully saturated rings. The van der Waals surface area contributed by atoms with E-state index in [1.807, 2.05) is 20.8 Å². The van der Waals surface area contributed by atoms with Crippen molar-refractivity contribution in [2.75, 3.05) is 26.0 Å². The Hall–Kier alpha value is -0.910. The van der Waals surface area contributed by atoms with E-state index in [0.29, 0.717) is 13.1 Å². The summed E-state index contributed by atoms with van der Waals surface area (Å²) in [5.74, 6) is 0.692. The third-order valence-corrected chi connectivity index (χ3v) is 5.04. The van der Waals surface area contributed by atoms with Crippen molar-refractivity contribution < 1.29 is 19.1 Å². The number of amides is 1. The van der Waals surface area contributed by atoms with Crippen LogP contribution in [0, 0.1) is 5.92 Å². The standard InChI is InChI=1S/C13H21NO4S/c1-12(2,3)18-11(16)14-7-13(8-14)9(5-6-19-13)10(15)17-4/h9H,5-8H2,1-4H3. The van der Waals surface area contributed by atoms with Gasteiger partial charge in [0, 0.05) is 13.1 Å². The number of methoxy groups -OCH3 is 1. The fraction of sp³-hybridized carbons (Fsp3) is 0.846. The Kier molecular flexibility index (Phi) is 3.73. The fourth-order valence-electron chi connectivity index (χ4n) is 2.59. The lowest BCUT2D eigenvalue weighted by atomic mass is 9.83. The first-order chi connectivity index (χ1) is 8.77. The monoisotopic (exact) mass is 287 g/mol. The Labute approximate surface area is 118 Å². The van der Waals surface area contributed by atoms with E-state index in [4.69, 9.17) is 9.47 Å². The first-order valence-corrected chi connectivity index (χ1v) is 7.46. The van der Waals surface area contributed by atoms with Gasteiger partial charge in [0.05, 0.1) is 17.8 Å². The van der Waals surface area contributed by atoms with Gasteiger partial charge in [-0.25, -0.2) is 4.79 Å². The van der Waals surface area contributed by atoms with Crippen molar-refractivity contribution >= 4 is 23.8 Å². The molecule has 2 aliphatic rings. The van der Waals surface area contributed by atoms with E-state index < -0.39 is 5.60 Å². The van der Waals surface area contributed by atoms with Gasteiger partial charge in [0.15, 0.2) is 0 Å². The van der Waals surface area contributed by atoms with Crippen molar-refractivity contribution in [2.24, 2.45) is 5.92 Å². The molecule has 108 valence electrons. The first-order valence-electron chi connectivity index (χ1n) is 6.47. The number of rotatable bonds is 1. The molecule has 0 aliphatic carbocycles. The van der Waals surface area contributed by atoms with Gasteiger partial charge >= 0.3 is 12.1 Å². The number of carbonyl (C=O) groups excluding carboxylic acids is 2. The zero-order valence-corrected chi connectivity index (χ0v) is 12.7. The average molecular weight is 287 g/mol. The average Bonchev–Trinajstić information content (AvgIpc) is 2.67. The summed E-state index contributed by atoms with van der Waals surface area (Å²) in [6.45, 7) is 6.70. The molecule has 0 radical (unpaired) electrons. The molecule has 2 saturated heterocycles. The Morgan fingerprint density at radius 3 is 2.47 bits per heavy atom. The number of hydrogen-bond acceptors (Lipinski definition) is 5. The van der Waals surface area contributed by atoms with Gasteiger partial charge in [-0.05, 0) is 32.9 Å². The van der Waals surface area contributed by atoms with Crippen LogP contribution in [0.2, 0.25) is 0 Å². The second-order valence-electron chi connectivity index (χ2n) is 6.11. The van der Waals surface area contributed by atoms with E-state index in [0.717, 1.165) is 12.2 Å². The molecule has 19 heavy (non-hydrogen) atoms. The van der Waals surface area contributed by atoms with E-state index in [1.165, 1.54) is 7.11 Å². The minimum atomic E-state index is -0.482. The molecule has 0 aromatic heterocycles. The molecule has 1 atom stereocenters. The molecule has 0 saturated carbocycles. The zero-order valence-electron chi connectivity index (χ0n) is 11.9. The van der Waals surface area contributed by atoms with Crippen molar-refractivity contribution in [3.63, 3.8) is 0 Å². The van der Waals surface area contributed by atoms with Crippen LogP contribution in [0.1, 0.15) is 27.2 Å². The normalized spacial score (nSPS) is 25.1. The van der Waals surface area contributed by atoms with Crippen LogP contribution in [0.15, 0.2) is 0 Å². The molecule has 2 heterocycles. The third kappa shape index (κ3) is 2.83. The highest BCUT2D eigenvalue weighted by Gasteiger charge is 2.57. The number of thioether (sulfide) groups is 1. The Balaban J connectivity index is 1.94. The van der Waals surface area contributed by atoms with Crippen LogP contribution >= 0.6 is 11.8 Å². The molecule has 2 rings (SSSR count). The molecule has 5 nitrogen and oxygen atoms in total. The van der Waals surface area contributed by atoms with Crippen LogP contribution in [0.5, 0.6) is 0 Å². The van der Waals surface area contributed by atoms with Gasteiger partial charge < -0.3 is 14.4 Å². The van der Waals surface area contributed by atoms with Gasteiger partial charge in [-0.3, -0.25) is 4.79 Å². The van der Waals surface area contributed by atoms with E-state index in [1.54, 1.807) is 16.7 Å². The van der Waals surface area contributed by atoms with Gasteiger partial charge in [0.25, 0.3) is 0 Å². The van der Waals surface area contributed by atoms with Crippen molar-refractivity contribution in [2.45, 2.75) is 37.5 Å². The highest BCUT2D eigenvalue weighted by Crippen LogP contribution is 2.49.